The minimum absolute atomic E-state index is 0.182. The van der Waals surface area contributed by atoms with Crippen LogP contribution < -0.4 is 5.32 Å². The maximum absolute atomic E-state index is 12.2. The number of likely N-dealkylation sites (N-methyl/N-ethyl adjacent to an activating group) is 1. The lowest BCUT2D eigenvalue weighted by Gasteiger charge is -2.28. The molecule has 2 N–H and O–H groups in total. The molecule has 106 valence electrons. The second kappa shape index (κ2) is 6.06. The van der Waals surface area contributed by atoms with Crippen molar-refractivity contribution in [2.24, 2.45) is 0 Å². The average molecular weight is 264 g/mol. The minimum atomic E-state index is -0.894. The number of rotatable bonds is 4. The third-order valence-electron chi connectivity index (χ3n) is 3.09. The predicted octanol–water partition coefficient (Wildman–Crippen LogP) is 2.93. The topological polar surface area (TPSA) is 52.6 Å². The number of hydrogen-bond acceptors (Lipinski definition) is 2. The summed E-state index contributed by atoms with van der Waals surface area (Å²) in [4.78, 5) is 13.8. The van der Waals surface area contributed by atoms with Crippen LogP contribution in [0, 0.1) is 13.8 Å². The molecular formula is C15H24N2O2. The van der Waals surface area contributed by atoms with E-state index in [0.29, 0.717) is 13.1 Å². The third-order valence-corrected chi connectivity index (χ3v) is 3.09. The molecule has 4 nitrogen and oxygen atoms in total. The van der Waals surface area contributed by atoms with Crippen LogP contribution in [0.1, 0.15) is 31.9 Å². The van der Waals surface area contributed by atoms with Crippen LogP contribution in [0.3, 0.4) is 0 Å². The molecule has 0 fully saturated rings. The normalized spacial score (nSPS) is 11.3. The number of urea groups is 1. The van der Waals surface area contributed by atoms with E-state index in [1.165, 1.54) is 0 Å². The number of amides is 2. The maximum Gasteiger partial charge on any atom is 0.321 e. The number of anilines is 1. The number of carbonyl (C=O) groups is 1. The highest BCUT2D eigenvalue weighted by atomic mass is 16.3. The van der Waals surface area contributed by atoms with Crippen molar-refractivity contribution in [1.82, 2.24) is 4.90 Å². The van der Waals surface area contributed by atoms with Gasteiger partial charge in [-0.3, -0.25) is 0 Å². The molecule has 1 rings (SSSR count). The molecule has 0 spiro atoms. The van der Waals surface area contributed by atoms with E-state index in [-0.39, 0.29) is 6.03 Å². The Labute approximate surface area is 115 Å². The monoisotopic (exact) mass is 264 g/mol. The van der Waals surface area contributed by atoms with E-state index >= 15 is 0 Å². The number of hydrogen-bond donors (Lipinski definition) is 2. The van der Waals surface area contributed by atoms with Crippen molar-refractivity contribution in [3.8, 4) is 0 Å². The Balaban J connectivity index is 2.80. The molecule has 0 bridgehead atoms. The number of nitrogens with zero attached hydrogens (tertiary/aromatic N) is 1. The summed E-state index contributed by atoms with van der Waals surface area (Å²) in [6.45, 7) is 10.1. The fourth-order valence-electron chi connectivity index (χ4n) is 1.88. The Hall–Kier alpha value is -1.55. The lowest BCUT2D eigenvalue weighted by molar-refractivity contribution is 0.0501. The van der Waals surface area contributed by atoms with Crippen LogP contribution in [-0.2, 0) is 0 Å². The van der Waals surface area contributed by atoms with Gasteiger partial charge in [-0.15, -0.1) is 0 Å². The number of aliphatic hydroxyl groups is 1. The molecule has 2 amide bonds. The summed E-state index contributed by atoms with van der Waals surface area (Å²) in [6.07, 6.45) is 0. The fourth-order valence-corrected chi connectivity index (χ4v) is 1.88. The molecule has 0 atom stereocenters. The van der Waals surface area contributed by atoms with E-state index in [2.05, 4.69) is 5.32 Å². The summed E-state index contributed by atoms with van der Waals surface area (Å²) in [5, 5.41) is 12.7. The van der Waals surface area contributed by atoms with Crippen molar-refractivity contribution in [3.05, 3.63) is 29.3 Å². The van der Waals surface area contributed by atoms with Crippen LogP contribution >= 0.6 is 0 Å². The van der Waals surface area contributed by atoms with Gasteiger partial charge in [0.25, 0.3) is 0 Å². The van der Waals surface area contributed by atoms with Gasteiger partial charge in [-0.05, 0) is 51.8 Å². The summed E-state index contributed by atoms with van der Waals surface area (Å²) in [5.41, 5.74) is 2.13. The Morgan fingerprint density at radius 3 is 2.53 bits per heavy atom. The summed E-state index contributed by atoms with van der Waals surface area (Å²) in [5.74, 6) is 0. The molecule has 0 heterocycles. The van der Waals surface area contributed by atoms with Gasteiger partial charge >= 0.3 is 6.03 Å². The standard InChI is InChI=1S/C15H24N2O2/c1-6-17(10-15(4,5)19)14(18)16-13-9-7-8-11(2)12(13)3/h7-9,19H,6,10H2,1-5H3,(H,16,18). The van der Waals surface area contributed by atoms with Gasteiger partial charge in [0.1, 0.15) is 0 Å². The highest BCUT2D eigenvalue weighted by Crippen LogP contribution is 2.18. The van der Waals surface area contributed by atoms with Crippen molar-refractivity contribution in [2.45, 2.75) is 40.2 Å². The number of benzene rings is 1. The van der Waals surface area contributed by atoms with Crippen molar-refractivity contribution in [2.75, 3.05) is 18.4 Å². The van der Waals surface area contributed by atoms with Crippen LogP contribution in [0.5, 0.6) is 0 Å². The molecule has 4 heteroatoms. The van der Waals surface area contributed by atoms with E-state index in [1.807, 2.05) is 39.0 Å². The van der Waals surface area contributed by atoms with Gasteiger partial charge in [0.2, 0.25) is 0 Å². The number of carbonyl (C=O) groups excluding carboxylic acids is 1. The first-order chi connectivity index (χ1) is 8.74. The Bertz CT molecular complexity index is 450. The molecular weight excluding hydrogens is 240 g/mol. The van der Waals surface area contributed by atoms with Crippen LogP contribution in [-0.4, -0.2) is 34.7 Å². The predicted molar refractivity (Wildman–Crippen MR) is 78.5 cm³/mol. The first-order valence-corrected chi connectivity index (χ1v) is 6.59. The van der Waals surface area contributed by atoms with Gasteiger partial charge in [-0.25, -0.2) is 4.79 Å². The SMILES string of the molecule is CCN(CC(C)(C)O)C(=O)Nc1cccc(C)c1C. The molecule has 19 heavy (non-hydrogen) atoms. The third kappa shape index (κ3) is 4.56. The zero-order valence-corrected chi connectivity index (χ0v) is 12.4. The van der Waals surface area contributed by atoms with Gasteiger partial charge in [0.05, 0.1) is 12.1 Å². The zero-order valence-electron chi connectivity index (χ0n) is 12.4. The van der Waals surface area contributed by atoms with Crippen LogP contribution in [0.25, 0.3) is 0 Å². The van der Waals surface area contributed by atoms with E-state index in [1.54, 1.807) is 18.7 Å². The van der Waals surface area contributed by atoms with Crippen molar-refractivity contribution >= 4 is 11.7 Å². The quantitative estimate of drug-likeness (QED) is 0.878. The van der Waals surface area contributed by atoms with Gasteiger partial charge in [-0.2, -0.15) is 0 Å². The summed E-state index contributed by atoms with van der Waals surface area (Å²) in [6, 6.07) is 5.64. The smallest absolute Gasteiger partial charge is 0.321 e. The van der Waals surface area contributed by atoms with Crippen molar-refractivity contribution < 1.29 is 9.90 Å². The largest absolute Gasteiger partial charge is 0.389 e. The van der Waals surface area contributed by atoms with Gasteiger partial charge in [-0.1, -0.05) is 12.1 Å². The Morgan fingerprint density at radius 2 is 2.00 bits per heavy atom. The van der Waals surface area contributed by atoms with Gasteiger partial charge in [0, 0.05) is 12.2 Å². The molecule has 0 radical (unpaired) electrons. The molecule has 0 saturated heterocycles. The number of aryl methyl sites for hydroxylation is 1. The second-order valence-corrected chi connectivity index (χ2v) is 5.50. The van der Waals surface area contributed by atoms with Crippen LogP contribution in [0.2, 0.25) is 0 Å². The van der Waals surface area contributed by atoms with Crippen LogP contribution in [0.4, 0.5) is 10.5 Å². The molecule has 1 aromatic rings. The van der Waals surface area contributed by atoms with E-state index in [0.717, 1.165) is 16.8 Å². The maximum atomic E-state index is 12.2. The highest BCUT2D eigenvalue weighted by molar-refractivity contribution is 5.90. The van der Waals surface area contributed by atoms with Crippen molar-refractivity contribution in [1.29, 1.82) is 0 Å². The summed E-state index contributed by atoms with van der Waals surface area (Å²) >= 11 is 0. The Kier molecular flexibility index (Phi) is 4.95. The van der Waals surface area contributed by atoms with Crippen molar-refractivity contribution in [3.63, 3.8) is 0 Å². The van der Waals surface area contributed by atoms with E-state index in [9.17, 15) is 9.90 Å². The second-order valence-electron chi connectivity index (χ2n) is 5.50. The fraction of sp³-hybridized carbons (Fsp3) is 0.533. The molecule has 0 aliphatic heterocycles. The van der Waals surface area contributed by atoms with E-state index in [4.69, 9.17) is 0 Å². The Morgan fingerprint density at radius 1 is 1.37 bits per heavy atom. The summed E-state index contributed by atoms with van der Waals surface area (Å²) in [7, 11) is 0. The van der Waals surface area contributed by atoms with E-state index < -0.39 is 5.60 Å². The van der Waals surface area contributed by atoms with Crippen LogP contribution in [0.15, 0.2) is 18.2 Å². The lowest BCUT2D eigenvalue weighted by Crippen LogP contribution is -2.44. The molecule has 0 saturated carbocycles. The summed E-state index contributed by atoms with van der Waals surface area (Å²) < 4.78 is 0. The molecule has 0 aromatic heterocycles. The van der Waals surface area contributed by atoms with Gasteiger partial charge < -0.3 is 15.3 Å². The first-order valence-electron chi connectivity index (χ1n) is 6.59. The molecule has 0 aliphatic rings. The average Bonchev–Trinajstić information content (AvgIpc) is 2.30. The molecule has 0 aliphatic carbocycles. The zero-order chi connectivity index (χ0) is 14.6. The highest BCUT2D eigenvalue weighted by Gasteiger charge is 2.21. The first kappa shape index (κ1) is 15.5. The molecule has 0 unspecified atom stereocenters. The minimum Gasteiger partial charge on any atom is -0.389 e. The molecule has 1 aromatic carbocycles. The number of nitrogens with one attached hydrogen (secondary N) is 1. The van der Waals surface area contributed by atoms with Gasteiger partial charge in [0.15, 0.2) is 0 Å². The lowest BCUT2D eigenvalue weighted by atomic mass is 10.1.